The summed E-state index contributed by atoms with van der Waals surface area (Å²) in [5.41, 5.74) is 7.84. The largest absolute Gasteiger partial charge is 0.379 e. The van der Waals surface area contributed by atoms with Crippen molar-refractivity contribution in [1.29, 1.82) is 0 Å². The Morgan fingerprint density at radius 2 is 1.89 bits per heavy atom. The van der Waals surface area contributed by atoms with E-state index in [1.807, 2.05) is 26.0 Å². The summed E-state index contributed by atoms with van der Waals surface area (Å²) in [6.45, 7) is 3.93. The van der Waals surface area contributed by atoms with Crippen LogP contribution < -0.4 is 10.5 Å². The fraction of sp³-hybridized carbons (Fsp3) is 0.278. The van der Waals surface area contributed by atoms with Gasteiger partial charge in [-0.05, 0) is 56.2 Å². The summed E-state index contributed by atoms with van der Waals surface area (Å²) in [4.78, 5) is 4.82. The summed E-state index contributed by atoms with van der Waals surface area (Å²) in [7, 11) is -3.66. The van der Waals surface area contributed by atoms with Gasteiger partial charge in [-0.15, -0.1) is 12.4 Å². The van der Waals surface area contributed by atoms with Gasteiger partial charge in [-0.25, -0.2) is 8.42 Å². The first-order valence-corrected chi connectivity index (χ1v) is 11.3. The lowest BCUT2D eigenvalue weighted by atomic mass is 9.89. The topological polar surface area (TPSA) is 84.5 Å². The Kier molecular flexibility index (Phi) is 6.89. The maximum Gasteiger partial charge on any atom is 0.261 e. The standard InChI is InChI=1S/C18H20BrN3O2S2.ClH/c1-12-3-5-16(6-4-12)26(23,24)22-15-10-13(9-14(19)11-15)18(2)7-8-25-17(20)21-18;/h3-6,9-11,22H,7-8H2,1-2H3,(H2,20,21);1H. The molecule has 1 aliphatic rings. The monoisotopic (exact) mass is 489 g/mol. The van der Waals surface area contributed by atoms with Gasteiger partial charge in [0.05, 0.1) is 16.1 Å². The van der Waals surface area contributed by atoms with Crippen LogP contribution in [0, 0.1) is 6.92 Å². The van der Waals surface area contributed by atoms with Crippen molar-refractivity contribution < 1.29 is 8.42 Å². The van der Waals surface area contributed by atoms with Crippen molar-refractivity contribution in [3.8, 4) is 0 Å². The summed E-state index contributed by atoms with van der Waals surface area (Å²) in [6, 6.07) is 12.3. The van der Waals surface area contributed by atoms with Crippen molar-refractivity contribution in [2.45, 2.75) is 30.7 Å². The molecule has 0 amide bonds. The molecule has 3 rings (SSSR count). The molecule has 9 heteroatoms. The van der Waals surface area contributed by atoms with E-state index < -0.39 is 15.6 Å². The van der Waals surface area contributed by atoms with E-state index in [0.29, 0.717) is 10.9 Å². The Labute approximate surface area is 178 Å². The van der Waals surface area contributed by atoms with Crippen LogP contribution in [-0.4, -0.2) is 19.3 Å². The third-order valence-electron chi connectivity index (χ3n) is 4.30. The van der Waals surface area contributed by atoms with Crippen molar-refractivity contribution in [3.63, 3.8) is 0 Å². The van der Waals surface area contributed by atoms with Crippen molar-refractivity contribution in [1.82, 2.24) is 0 Å². The van der Waals surface area contributed by atoms with Crippen LogP contribution in [0.3, 0.4) is 0 Å². The normalized spacial score (nSPS) is 19.7. The maximum atomic E-state index is 12.7. The fourth-order valence-electron chi connectivity index (χ4n) is 2.79. The molecule has 0 saturated heterocycles. The van der Waals surface area contributed by atoms with Crippen molar-refractivity contribution in [2.75, 3.05) is 10.5 Å². The van der Waals surface area contributed by atoms with E-state index in [1.165, 1.54) is 11.8 Å². The number of aryl methyl sites for hydroxylation is 1. The molecule has 0 saturated carbocycles. The minimum atomic E-state index is -3.66. The molecule has 1 aliphatic heterocycles. The predicted molar refractivity (Wildman–Crippen MR) is 119 cm³/mol. The Hall–Kier alpha value is -1.22. The minimum absolute atomic E-state index is 0. The summed E-state index contributed by atoms with van der Waals surface area (Å²) in [5.74, 6) is 0.878. The van der Waals surface area contributed by atoms with Crippen LogP contribution in [0.25, 0.3) is 0 Å². The number of thioether (sulfide) groups is 1. The summed E-state index contributed by atoms with van der Waals surface area (Å²) >= 11 is 5.01. The molecule has 0 aliphatic carbocycles. The Bertz CT molecular complexity index is 965. The molecule has 1 atom stereocenters. The van der Waals surface area contributed by atoms with Crippen LogP contribution in [0.15, 0.2) is 56.8 Å². The van der Waals surface area contributed by atoms with Gasteiger partial charge in [0.25, 0.3) is 10.0 Å². The Balaban J connectivity index is 0.00000261. The lowest BCUT2D eigenvalue weighted by Gasteiger charge is -2.30. The molecular formula is C18H21BrClN3O2S2. The number of sulfonamides is 1. The first-order valence-electron chi connectivity index (χ1n) is 8.07. The molecule has 0 fully saturated rings. The molecule has 0 radical (unpaired) electrons. The van der Waals surface area contributed by atoms with Crippen molar-refractivity contribution in [2.24, 2.45) is 10.7 Å². The van der Waals surface area contributed by atoms with Gasteiger partial charge in [-0.1, -0.05) is 45.4 Å². The lowest BCUT2D eigenvalue weighted by molar-refractivity contribution is 0.482. The second-order valence-corrected chi connectivity index (χ2v) is 10.2. The summed E-state index contributed by atoms with van der Waals surface area (Å²) in [6.07, 6.45) is 0.832. The van der Waals surface area contributed by atoms with Crippen LogP contribution in [0.2, 0.25) is 0 Å². The number of nitrogens with zero attached hydrogens (tertiary/aromatic N) is 1. The molecular weight excluding hydrogens is 470 g/mol. The van der Waals surface area contributed by atoms with E-state index in [4.69, 9.17) is 5.73 Å². The number of aliphatic imine (C=N–C) groups is 1. The van der Waals surface area contributed by atoms with Gasteiger partial charge in [0.1, 0.15) is 0 Å². The number of rotatable bonds is 4. The number of amidine groups is 1. The number of halogens is 2. The first kappa shape index (κ1) is 22.1. The molecule has 146 valence electrons. The molecule has 1 unspecified atom stereocenters. The molecule has 0 aromatic heterocycles. The van der Waals surface area contributed by atoms with Crippen LogP contribution >= 0.6 is 40.1 Å². The van der Waals surface area contributed by atoms with E-state index in [1.54, 1.807) is 30.3 Å². The molecule has 0 spiro atoms. The highest BCUT2D eigenvalue weighted by molar-refractivity contribution is 9.10. The molecule has 2 aromatic rings. The van der Waals surface area contributed by atoms with E-state index in [2.05, 4.69) is 25.6 Å². The van der Waals surface area contributed by atoms with Gasteiger partial charge in [-0.3, -0.25) is 9.71 Å². The highest BCUT2D eigenvalue weighted by atomic mass is 79.9. The zero-order chi connectivity index (χ0) is 18.9. The SMILES string of the molecule is Cc1ccc(S(=O)(=O)Nc2cc(Br)cc(C3(C)CCSC(N)=N3)c2)cc1.Cl. The zero-order valence-electron chi connectivity index (χ0n) is 14.9. The van der Waals surface area contributed by atoms with Crippen LogP contribution in [0.4, 0.5) is 5.69 Å². The average Bonchev–Trinajstić information content (AvgIpc) is 2.54. The van der Waals surface area contributed by atoms with Crippen LogP contribution in [0.5, 0.6) is 0 Å². The third-order valence-corrected chi connectivity index (χ3v) is 6.95. The summed E-state index contributed by atoms with van der Waals surface area (Å²) < 4.78 is 28.8. The molecule has 27 heavy (non-hydrogen) atoms. The molecule has 2 aromatic carbocycles. The van der Waals surface area contributed by atoms with Gasteiger partial charge in [0.15, 0.2) is 5.17 Å². The van der Waals surface area contributed by atoms with Gasteiger partial charge in [0, 0.05) is 10.2 Å². The third kappa shape index (κ3) is 5.19. The minimum Gasteiger partial charge on any atom is -0.379 e. The first-order chi connectivity index (χ1) is 12.2. The van der Waals surface area contributed by atoms with E-state index >= 15 is 0 Å². The van der Waals surface area contributed by atoms with E-state index in [9.17, 15) is 8.42 Å². The van der Waals surface area contributed by atoms with Gasteiger partial charge in [-0.2, -0.15) is 0 Å². The van der Waals surface area contributed by atoms with Crippen LogP contribution in [-0.2, 0) is 15.6 Å². The number of nitrogens with one attached hydrogen (secondary N) is 1. The second kappa shape index (κ2) is 8.43. The van der Waals surface area contributed by atoms with Gasteiger partial charge >= 0.3 is 0 Å². The predicted octanol–water partition coefficient (Wildman–Crippen LogP) is 4.65. The lowest BCUT2D eigenvalue weighted by Crippen LogP contribution is -2.29. The van der Waals surface area contributed by atoms with Gasteiger partial charge < -0.3 is 5.73 Å². The number of anilines is 1. The molecule has 0 bridgehead atoms. The Morgan fingerprint density at radius 3 is 2.52 bits per heavy atom. The van der Waals surface area contributed by atoms with E-state index in [0.717, 1.165) is 27.8 Å². The maximum absolute atomic E-state index is 12.7. The van der Waals surface area contributed by atoms with Crippen LogP contribution in [0.1, 0.15) is 24.5 Å². The molecule has 3 N–H and O–H groups in total. The fourth-order valence-corrected chi connectivity index (χ4v) is 5.29. The van der Waals surface area contributed by atoms with Crippen molar-refractivity contribution in [3.05, 3.63) is 58.1 Å². The molecule has 5 nitrogen and oxygen atoms in total. The molecule has 1 heterocycles. The Morgan fingerprint density at radius 1 is 1.22 bits per heavy atom. The second-order valence-electron chi connectivity index (χ2n) is 6.47. The number of benzene rings is 2. The van der Waals surface area contributed by atoms with Crippen molar-refractivity contribution >= 4 is 61.0 Å². The highest BCUT2D eigenvalue weighted by Crippen LogP contribution is 2.37. The quantitative estimate of drug-likeness (QED) is 0.653. The zero-order valence-corrected chi connectivity index (χ0v) is 18.9. The smallest absolute Gasteiger partial charge is 0.261 e. The number of hydrogen-bond acceptors (Lipinski definition) is 5. The van der Waals surface area contributed by atoms with E-state index in [-0.39, 0.29) is 17.3 Å². The number of hydrogen-bond donors (Lipinski definition) is 2. The van der Waals surface area contributed by atoms with Gasteiger partial charge in [0.2, 0.25) is 0 Å². The number of nitrogens with two attached hydrogens (primary N) is 1. The average molecular weight is 491 g/mol. The summed E-state index contributed by atoms with van der Waals surface area (Å²) in [5, 5.41) is 0.556. The highest BCUT2D eigenvalue weighted by Gasteiger charge is 2.30.